The molecular formula is C34H21NO2. The summed E-state index contributed by atoms with van der Waals surface area (Å²) in [6, 6.07) is 44.2. The summed E-state index contributed by atoms with van der Waals surface area (Å²) in [6.07, 6.45) is 0. The molecule has 174 valence electrons. The number of furan rings is 2. The Morgan fingerprint density at radius 3 is 2.08 bits per heavy atom. The van der Waals surface area contributed by atoms with Gasteiger partial charge in [0, 0.05) is 32.9 Å². The highest BCUT2D eigenvalue weighted by Crippen LogP contribution is 2.44. The number of benzene rings is 6. The van der Waals surface area contributed by atoms with Gasteiger partial charge in [-0.2, -0.15) is 0 Å². The van der Waals surface area contributed by atoms with E-state index >= 15 is 0 Å². The lowest BCUT2D eigenvalue weighted by Gasteiger charge is -2.25. The van der Waals surface area contributed by atoms with E-state index in [9.17, 15) is 0 Å². The Hall–Kier alpha value is -5.02. The predicted molar refractivity (Wildman–Crippen MR) is 153 cm³/mol. The average molecular weight is 476 g/mol. The second kappa shape index (κ2) is 7.74. The highest BCUT2D eigenvalue weighted by Gasteiger charge is 2.20. The SMILES string of the molecule is c1ccc(N(c2ccc3oc4ccc5ccccc5c4c3c2)c2cccc3c2oc2ccccc23)cc1. The van der Waals surface area contributed by atoms with Crippen LogP contribution in [0.25, 0.3) is 54.6 Å². The topological polar surface area (TPSA) is 29.5 Å². The molecule has 0 amide bonds. The lowest BCUT2D eigenvalue weighted by Crippen LogP contribution is -2.10. The van der Waals surface area contributed by atoms with Gasteiger partial charge in [-0.1, -0.05) is 78.9 Å². The largest absolute Gasteiger partial charge is 0.456 e. The van der Waals surface area contributed by atoms with E-state index in [-0.39, 0.29) is 0 Å². The second-order valence-electron chi connectivity index (χ2n) is 9.37. The van der Waals surface area contributed by atoms with Gasteiger partial charge in [-0.3, -0.25) is 0 Å². The molecule has 8 aromatic rings. The Labute approximate surface area is 212 Å². The van der Waals surface area contributed by atoms with E-state index in [1.54, 1.807) is 0 Å². The zero-order valence-corrected chi connectivity index (χ0v) is 19.9. The molecule has 2 heterocycles. The van der Waals surface area contributed by atoms with Crippen LogP contribution in [0.5, 0.6) is 0 Å². The van der Waals surface area contributed by atoms with Gasteiger partial charge in [-0.15, -0.1) is 0 Å². The number of hydrogen-bond acceptors (Lipinski definition) is 3. The minimum Gasteiger partial charge on any atom is -0.456 e. The van der Waals surface area contributed by atoms with Crippen molar-refractivity contribution in [3.63, 3.8) is 0 Å². The van der Waals surface area contributed by atoms with Gasteiger partial charge in [0.2, 0.25) is 0 Å². The summed E-state index contributed by atoms with van der Waals surface area (Å²) in [5, 5.41) is 6.87. The van der Waals surface area contributed by atoms with Gasteiger partial charge in [0.15, 0.2) is 5.58 Å². The van der Waals surface area contributed by atoms with Gasteiger partial charge < -0.3 is 13.7 Å². The molecule has 0 bridgehead atoms. The van der Waals surface area contributed by atoms with Crippen LogP contribution in [0, 0.1) is 0 Å². The van der Waals surface area contributed by atoms with Crippen LogP contribution < -0.4 is 4.90 Å². The number of anilines is 3. The fraction of sp³-hybridized carbons (Fsp3) is 0. The minimum atomic E-state index is 0.871. The number of fused-ring (bicyclic) bond motifs is 8. The molecule has 8 rings (SSSR count). The van der Waals surface area contributed by atoms with Crippen LogP contribution >= 0.6 is 0 Å². The second-order valence-corrected chi connectivity index (χ2v) is 9.37. The highest BCUT2D eigenvalue weighted by atomic mass is 16.3. The van der Waals surface area contributed by atoms with Crippen molar-refractivity contribution in [1.29, 1.82) is 0 Å². The molecule has 0 unspecified atom stereocenters. The first-order valence-corrected chi connectivity index (χ1v) is 12.4. The molecule has 0 N–H and O–H groups in total. The first-order chi connectivity index (χ1) is 18.3. The maximum Gasteiger partial charge on any atom is 0.159 e. The van der Waals surface area contributed by atoms with Crippen LogP contribution in [0.3, 0.4) is 0 Å². The minimum absolute atomic E-state index is 0.871. The molecule has 0 spiro atoms. The molecule has 0 saturated heterocycles. The quantitative estimate of drug-likeness (QED) is 0.255. The summed E-state index contributed by atoms with van der Waals surface area (Å²) >= 11 is 0. The monoisotopic (exact) mass is 475 g/mol. The lowest BCUT2D eigenvalue weighted by atomic mass is 10.0. The van der Waals surface area contributed by atoms with Crippen molar-refractivity contribution in [2.45, 2.75) is 0 Å². The molecule has 0 aliphatic carbocycles. The fourth-order valence-corrected chi connectivity index (χ4v) is 5.59. The summed E-state index contributed by atoms with van der Waals surface area (Å²) in [7, 11) is 0. The van der Waals surface area contributed by atoms with E-state index < -0.39 is 0 Å². The highest BCUT2D eigenvalue weighted by molar-refractivity contribution is 6.19. The summed E-state index contributed by atoms with van der Waals surface area (Å²) in [5.74, 6) is 0. The van der Waals surface area contributed by atoms with Gasteiger partial charge in [0.25, 0.3) is 0 Å². The third-order valence-corrected chi connectivity index (χ3v) is 7.24. The van der Waals surface area contributed by atoms with Gasteiger partial charge in [0.05, 0.1) is 5.69 Å². The fourth-order valence-electron chi connectivity index (χ4n) is 5.59. The molecule has 6 aromatic carbocycles. The summed E-state index contributed by atoms with van der Waals surface area (Å²) in [6.45, 7) is 0. The third kappa shape index (κ3) is 3.01. The van der Waals surface area contributed by atoms with Crippen LogP contribution in [-0.2, 0) is 0 Å². The van der Waals surface area contributed by atoms with Crippen LogP contribution in [0.15, 0.2) is 136 Å². The van der Waals surface area contributed by atoms with Crippen molar-refractivity contribution >= 4 is 71.7 Å². The van der Waals surface area contributed by atoms with Crippen LogP contribution in [0.2, 0.25) is 0 Å². The molecule has 0 saturated carbocycles. The van der Waals surface area contributed by atoms with Crippen molar-refractivity contribution < 1.29 is 8.83 Å². The normalized spacial score (nSPS) is 11.8. The standard InChI is InChI=1S/C34H21NO2/c1-2-10-23(11-3-1)35(29-15-8-14-27-26-13-6-7-16-30(26)37-34(27)29)24-18-20-31-28(21-24)33-25-12-5-4-9-22(25)17-19-32(33)36-31/h1-21H. The molecular weight excluding hydrogens is 454 g/mol. The van der Waals surface area contributed by atoms with Crippen molar-refractivity contribution in [1.82, 2.24) is 0 Å². The predicted octanol–water partition coefficient (Wildman–Crippen LogP) is 10.1. The zero-order valence-electron chi connectivity index (χ0n) is 19.9. The molecule has 0 fully saturated rings. The first kappa shape index (κ1) is 20.2. The summed E-state index contributed by atoms with van der Waals surface area (Å²) in [5.41, 5.74) is 6.64. The Kier molecular flexibility index (Phi) is 4.23. The first-order valence-electron chi connectivity index (χ1n) is 12.4. The number of para-hydroxylation sites is 3. The Balaban J connectivity index is 1.44. The van der Waals surface area contributed by atoms with Crippen molar-refractivity contribution in [3.05, 3.63) is 127 Å². The molecule has 0 radical (unpaired) electrons. The van der Waals surface area contributed by atoms with Gasteiger partial charge in [0.1, 0.15) is 16.7 Å². The van der Waals surface area contributed by atoms with Crippen molar-refractivity contribution in [2.75, 3.05) is 4.90 Å². The summed E-state index contributed by atoms with van der Waals surface area (Å²) < 4.78 is 12.7. The summed E-state index contributed by atoms with van der Waals surface area (Å²) in [4.78, 5) is 2.27. The molecule has 0 atom stereocenters. The van der Waals surface area contributed by atoms with E-state index in [1.165, 1.54) is 10.8 Å². The van der Waals surface area contributed by atoms with E-state index in [2.05, 4.69) is 114 Å². The van der Waals surface area contributed by atoms with Crippen LogP contribution in [-0.4, -0.2) is 0 Å². The molecule has 37 heavy (non-hydrogen) atoms. The Bertz CT molecular complexity index is 2100. The molecule has 0 aliphatic rings. The molecule has 0 aliphatic heterocycles. The van der Waals surface area contributed by atoms with Crippen molar-refractivity contribution in [2.24, 2.45) is 0 Å². The Morgan fingerprint density at radius 2 is 1.16 bits per heavy atom. The van der Waals surface area contributed by atoms with Gasteiger partial charge >= 0.3 is 0 Å². The maximum atomic E-state index is 6.45. The zero-order chi connectivity index (χ0) is 24.3. The number of nitrogens with zero attached hydrogens (tertiary/aromatic N) is 1. The smallest absolute Gasteiger partial charge is 0.159 e. The van der Waals surface area contributed by atoms with Crippen LogP contribution in [0.4, 0.5) is 17.1 Å². The number of rotatable bonds is 3. The molecule has 3 heteroatoms. The lowest BCUT2D eigenvalue weighted by molar-refractivity contribution is 0.669. The van der Waals surface area contributed by atoms with E-state index in [1.807, 2.05) is 18.2 Å². The Morgan fingerprint density at radius 1 is 0.432 bits per heavy atom. The van der Waals surface area contributed by atoms with E-state index in [0.29, 0.717) is 0 Å². The van der Waals surface area contributed by atoms with Crippen LogP contribution in [0.1, 0.15) is 0 Å². The third-order valence-electron chi connectivity index (χ3n) is 7.24. The van der Waals surface area contributed by atoms with Crippen molar-refractivity contribution in [3.8, 4) is 0 Å². The maximum absolute atomic E-state index is 6.45. The molecule has 3 nitrogen and oxygen atoms in total. The molecule has 2 aromatic heterocycles. The van der Waals surface area contributed by atoms with Gasteiger partial charge in [-0.05, 0) is 59.3 Å². The van der Waals surface area contributed by atoms with Gasteiger partial charge in [-0.25, -0.2) is 0 Å². The van der Waals surface area contributed by atoms with E-state index in [4.69, 9.17) is 8.83 Å². The van der Waals surface area contributed by atoms with E-state index in [0.717, 1.165) is 60.9 Å². The average Bonchev–Trinajstić information content (AvgIpc) is 3.53. The number of hydrogen-bond donors (Lipinski definition) is 0.